The number of aryl methyl sites for hydroxylation is 1. The summed E-state index contributed by atoms with van der Waals surface area (Å²) < 4.78 is 7.84. The van der Waals surface area contributed by atoms with Gasteiger partial charge in [-0.1, -0.05) is 13.8 Å². The van der Waals surface area contributed by atoms with Crippen molar-refractivity contribution in [3.63, 3.8) is 0 Å². The van der Waals surface area contributed by atoms with E-state index in [9.17, 15) is 0 Å². The fraction of sp³-hybridized carbons (Fsp3) is 0.786. The lowest BCUT2D eigenvalue weighted by Crippen LogP contribution is -2.18. The predicted molar refractivity (Wildman–Crippen MR) is 72.2 cm³/mol. The summed E-state index contributed by atoms with van der Waals surface area (Å²) in [6.45, 7) is 6.29. The Morgan fingerprint density at radius 1 is 1.56 bits per heavy atom. The molecule has 2 N–H and O–H groups in total. The van der Waals surface area contributed by atoms with E-state index in [1.54, 1.807) is 0 Å². The van der Waals surface area contributed by atoms with Gasteiger partial charge in [0.1, 0.15) is 0 Å². The zero-order valence-corrected chi connectivity index (χ0v) is 11.5. The molecule has 2 rings (SSSR count). The summed E-state index contributed by atoms with van der Waals surface area (Å²) in [6, 6.07) is 0.0944. The molecule has 1 saturated heterocycles. The number of ether oxygens (including phenoxy) is 1. The number of imidazole rings is 1. The number of hydrogen-bond donors (Lipinski definition) is 1. The smallest absolute Gasteiger partial charge is 0.0948 e. The van der Waals surface area contributed by atoms with E-state index in [1.165, 1.54) is 12.8 Å². The molecule has 2 heterocycles. The van der Waals surface area contributed by atoms with Crippen LogP contribution in [0.1, 0.15) is 51.3 Å². The van der Waals surface area contributed by atoms with Gasteiger partial charge in [-0.05, 0) is 31.6 Å². The first-order valence-electron chi connectivity index (χ1n) is 7.04. The molecule has 0 saturated carbocycles. The Kier molecular flexibility index (Phi) is 4.78. The van der Waals surface area contributed by atoms with Crippen molar-refractivity contribution in [2.24, 2.45) is 11.7 Å². The maximum Gasteiger partial charge on any atom is 0.0948 e. The van der Waals surface area contributed by atoms with Crippen LogP contribution in [0.5, 0.6) is 0 Å². The molecule has 4 nitrogen and oxygen atoms in total. The average molecular weight is 251 g/mol. The van der Waals surface area contributed by atoms with Gasteiger partial charge in [0, 0.05) is 25.4 Å². The Morgan fingerprint density at radius 3 is 3.06 bits per heavy atom. The van der Waals surface area contributed by atoms with E-state index in [2.05, 4.69) is 23.4 Å². The van der Waals surface area contributed by atoms with Crippen molar-refractivity contribution in [1.82, 2.24) is 9.55 Å². The summed E-state index contributed by atoms with van der Waals surface area (Å²) in [7, 11) is 0. The number of hydrogen-bond acceptors (Lipinski definition) is 3. The molecule has 1 aromatic heterocycles. The van der Waals surface area contributed by atoms with E-state index in [-0.39, 0.29) is 6.04 Å². The van der Waals surface area contributed by atoms with Gasteiger partial charge in [-0.2, -0.15) is 0 Å². The maximum absolute atomic E-state index is 6.23. The minimum absolute atomic E-state index is 0.0944. The molecule has 4 heteroatoms. The minimum atomic E-state index is 0.0944. The van der Waals surface area contributed by atoms with Crippen molar-refractivity contribution in [1.29, 1.82) is 0 Å². The summed E-state index contributed by atoms with van der Waals surface area (Å²) in [5.41, 5.74) is 7.39. The summed E-state index contributed by atoms with van der Waals surface area (Å²) in [5.74, 6) is 0.613. The van der Waals surface area contributed by atoms with Crippen molar-refractivity contribution < 1.29 is 4.74 Å². The fourth-order valence-corrected chi connectivity index (χ4v) is 2.61. The van der Waals surface area contributed by atoms with E-state index in [0.717, 1.165) is 31.7 Å². The first-order valence-corrected chi connectivity index (χ1v) is 7.04. The largest absolute Gasteiger partial charge is 0.378 e. The van der Waals surface area contributed by atoms with Crippen LogP contribution in [0.25, 0.3) is 0 Å². The normalized spacial score (nSPS) is 21.7. The van der Waals surface area contributed by atoms with Crippen molar-refractivity contribution >= 4 is 0 Å². The van der Waals surface area contributed by atoms with Crippen LogP contribution in [0.4, 0.5) is 0 Å². The van der Waals surface area contributed by atoms with E-state index in [4.69, 9.17) is 10.5 Å². The van der Waals surface area contributed by atoms with Crippen LogP contribution in [0.3, 0.4) is 0 Å². The molecule has 1 aliphatic rings. The van der Waals surface area contributed by atoms with Crippen LogP contribution in [0.15, 0.2) is 12.5 Å². The first-order chi connectivity index (χ1) is 8.66. The topological polar surface area (TPSA) is 53.1 Å². The third-order valence-corrected chi connectivity index (χ3v) is 3.57. The van der Waals surface area contributed by atoms with Gasteiger partial charge in [-0.3, -0.25) is 0 Å². The summed E-state index contributed by atoms with van der Waals surface area (Å²) in [5, 5.41) is 0. The van der Waals surface area contributed by atoms with Gasteiger partial charge >= 0.3 is 0 Å². The Balaban J connectivity index is 1.90. The van der Waals surface area contributed by atoms with Crippen LogP contribution in [-0.2, 0) is 11.3 Å². The first kappa shape index (κ1) is 13.6. The lowest BCUT2D eigenvalue weighted by Gasteiger charge is -2.17. The van der Waals surface area contributed by atoms with Gasteiger partial charge in [-0.15, -0.1) is 0 Å². The number of rotatable bonds is 6. The zero-order chi connectivity index (χ0) is 13.0. The molecule has 1 aromatic rings. The Morgan fingerprint density at radius 2 is 2.39 bits per heavy atom. The number of nitrogens with zero attached hydrogens (tertiary/aromatic N) is 2. The van der Waals surface area contributed by atoms with E-state index >= 15 is 0 Å². The summed E-state index contributed by atoms with van der Waals surface area (Å²) in [6.07, 6.45) is 8.70. The highest BCUT2D eigenvalue weighted by Crippen LogP contribution is 2.20. The van der Waals surface area contributed by atoms with Crippen molar-refractivity contribution in [2.45, 2.75) is 58.2 Å². The molecule has 1 fully saturated rings. The minimum Gasteiger partial charge on any atom is -0.378 e. The Labute approximate surface area is 110 Å². The molecule has 0 amide bonds. The maximum atomic E-state index is 6.23. The average Bonchev–Trinajstić information content (AvgIpc) is 2.96. The molecule has 1 aliphatic heterocycles. The second kappa shape index (κ2) is 6.34. The molecule has 2 atom stereocenters. The molecule has 18 heavy (non-hydrogen) atoms. The molecule has 0 bridgehead atoms. The van der Waals surface area contributed by atoms with Crippen molar-refractivity contribution in [3.05, 3.63) is 18.2 Å². The van der Waals surface area contributed by atoms with E-state index in [0.29, 0.717) is 12.0 Å². The Bertz CT molecular complexity index is 356. The van der Waals surface area contributed by atoms with Crippen LogP contribution >= 0.6 is 0 Å². The standard InChI is InChI=1S/C14H25N3O/c1-11(2)8-13(15)14-9-16-10-17(14)6-5-12-4-3-7-18-12/h9-13H,3-8,15H2,1-2H3. The highest BCUT2D eigenvalue weighted by molar-refractivity contribution is 5.04. The van der Waals surface area contributed by atoms with Gasteiger partial charge < -0.3 is 15.0 Å². The molecule has 0 aliphatic carbocycles. The van der Waals surface area contributed by atoms with Crippen molar-refractivity contribution in [2.75, 3.05) is 6.61 Å². The second-order valence-electron chi connectivity index (χ2n) is 5.67. The lowest BCUT2D eigenvalue weighted by molar-refractivity contribution is 0.100. The molecule has 0 spiro atoms. The quantitative estimate of drug-likeness (QED) is 0.845. The van der Waals surface area contributed by atoms with Crippen LogP contribution < -0.4 is 5.73 Å². The third kappa shape index (κ3) is 3.56. The third-order valence-electron chi connectivity index (χ3n) is 3.57. The highest BCUT2D eigenvalue weighted by Gasteiger charge is 2.17. The monoisotopic (exact) mass is 251 g/mol. The molecule has 0 radical (unpaired) electrons. The summed E-state index contributed by atoms with van der Waals surface area (Å²) in [4.78, 5) is 4.24. The molecular weight excluding hydrogens is 226 g/mol. The Hall–Kier alpha value is -0.870. The highest BCUT2D eigenvalue weighted by atomic mass is 16.5. The number of aromatic nitrogens is 2. The zero-order valence-electron chi connectivity index (χ0n) is 11.5. The molecule has 0 aromatic carbocycles. The van der Waals surface area contributed by atoms with E-state index in [1.807, 2.05) is 12.5 Å². The lowest BCUT2D eigenvalue weighted by atomic mass is 10.0. The number of nitrogens with two attached hydrogens (primary N) is 1. The molecular formula is C14H25N3O. The van der Waals surface area contributed by atoms with Gasteiger partial charge in [0.15, 0.2) is 0 Å². The van der Waals surface area contributed by atoms with Crippen LogP contribution in [-0.4, -0.2) is 22.3 Å². The van der Waals surface area contributed by atoms with Gasteiger partial charge in [0.2, 0.25) is 0 Å². The van der Waals surface area contributed by atoms with Gasteiger partial charge in [0.25, 0.3) is 0 Å². The van der Waals surface area contributed by atoms with E-state index < -0.39 is 0 Å². The van der Waals surface area contributed by atoms with Crippen molar-refractivity contribution in [3.8, 4) is 0 Å². The second-order valence-corrected chi connectivity index (χ2v) is 5.67. The summed E-state index contributed by atoms with van der Waals surface area (Å²) >= 11 is 0. The van der Waals surface area contributed by atoms with Gasteiger partial charge in [-0.25, -0.2) is 4.98 Å². The SMILES string of the molecule is CC(C)CC(N)c1cncn1CCC1CCCO1. The fourth-order valence-electron chi connectivity index (χ4n) is 2.61. The molecule has 2 unspecified atom stereocenters. The van der Waals surface area contributed by atoms with Gasteiger partial charge in [0.05, 0.1) is 18.1 Å². The molecule has 102 valence electrons. The van der Waals surface area contributed by atoms with Crippen LogP contribution in [0.2, 0.25) is 0 Å². The van der Waals surface area contributed by atoms with Crippen LogP contribution in [0, 0.1) is 5.92 Å². The predicted octanol–water partition coefficient (Wildman–Crippen LogP) is 2.50.